The minimum atomic E-state index is -0.498. The minimum Gasteiger partial charge on any atom is -0.462 e. The maximum atomic E-state index is 14.5. The lowest BCUT2D eigenvalue weighted by molar-refractivity contribution is 0.0498. The highest BCUT2D eigenvalue weighted by molar-refractivity contribution is 5.89. The van der Waals surface area contributed by atoms with Crippen molar-refractivity contribution in [1.82, 2.24) is 0 Å². The van der Waals surface area contributed by atoms with E-state index < -0.39 is 5.82 Å². The first-order valence-corrected chi connectivity index (χ1v) is 11.7. The SMILES string of the molecule is CCCCCCOC(=O)c1ccc(C#Cc2ccc(/N=N/c3ccc(N(C)C)cc3)c(F)c2)cc1. The van der Waals surface area contributed by atoms with Gasteiger partial charge in [0.25, 0.3) is 0 Å². The summed E-state index contributed by atoms with van der Waals surface area (Å²) in [6.07, 6.45) is 4.23. The Balaban J connectivity index is 1.58. The summed E-state index contributed by atoms with van der Waals surface area (Å²) in [7, 11) is 3.91. The fraction of sp³-hybridized carbons (Fsp3) is 0.276. The van der Waals surface area contributed by atoms with Crippen LogP contribution in [-0.4, -0.2) is 26.7 Å². The number of benzene rings is 3. The van der Waals surface area contributed by atoms with Crippen LogP contribution in [0.1, 0.15) is 54.1 Å². The van der Waals surface area contributed by atoms with E-state index in [1.165, 1.54) is 6.07 Å². The molecule has 180 valence electrons. The number of nitrogens with zero attached hydrogens (tertiary/aromatic N) is 3. The molecule has 6 heteroatoms. The summed E-state index contributed by atoms with van der Waals surface area (Å²) in [6.45, 7) is 2.58. The van der Waals surface area contributed by atoms with Crippen LogP contribution >= 0.6 is 0 Å². The van der Waals surface area contributed by atoms with Gasteiger partial charge >= 0.3 is 5.97 Å². The van der Waals surface area contributed by atoms with Gasteiger partial charge in [0.15, 0.2) is 5.82 Å². The third-order valence-corrected chi connectivity index (χ3v) is 5.29. The molecule has 0 spiro atoms. The molecule has 0 saturated carbocycles. The van der Waals surface area contributed by atoms with Crippen molar-refractivity contribution in [3.8, 4) is 11.8 Å². The first-order chi connectivity index (χ1) is 17.0. The van der Waals surface area contributed by atoms with Crippen LogP contribution in [0.25, 0.3) is 0 Å². The van der Waals surface area contributed by atoms with Crippen LogP contribution in [0, 0.1) is 17.7 Å². The molecule has 0 amide bonds. The van der Waals surface area contributed by atoms with Crippen molar-refractivity contribution < 1.29 is 13.9 Å². The highest BCUT2D eigenvalue weighted by Gasteiger charge is 2.06. The molecule has 0 aliphatic rings. The molecule has 0 unspecified atom stereocenters. The largest absolute Gasteiger partial charge is 0.462 e. The van der Waals surface area contributed by atoms with Crippen molar-refractivity contribution in [2.45, 2.75) is 32.6 Å². The molecule has 3 rings (SSSR count). The molecular formula is C29H30FN3O2. The molecule has 0 atom stereocenters. The zero-order valence-electron chi connectivity index (χ0n) is 20.4. The van der Waals surface area contributed by atoms with E-state index in [1.807, 2.05) is 43.3 Å². The first kappa shape index (κ1) is 25.6. The Morgan fingerprint density at radius 2 is 1.57 bits per heavy atom. The number of carbonyl (C=O) groups is 1. The smallest absolute Gasteiger partial charge is 0.338 e. The zero-order valence-corrected chi connectivity index (χ0v) is 20.4. The molecule has 3 aromatic rings. The molecular weight excluding hydrogens is 441 g/mol. The second kappa shape index (κ2) is 13.0. The van der Waals surface area contributed by atoms with E-state index in [0.717, 1.165) is 36.9 Å². The minimum absolute atomic E-state index is 0.143. The Bertz CT molecular complexity index is 1210. The van der Waals surface area contributed by atoms with Gasteiger partial charge in [0.1, 0.15) is 5.69 Å². The average Bonchev–Trinajstić information content (AvgIpc) is 2.87. The highest BCUT2D eigenvalue weighted by Crippen LogP contribution is 2.24. The van der Waals surface area contributed by atoms with E-state index >= 15 is 0 Å². The summed E-state index contributed by atoms with van der Waals surface area (Å²) < 4.78 is 19.8. The van der Waals surface area contributed by atoms with Gasteiger partial charge in [-0.05, 0) is 73.2 Å². The van der Waals surface area contributed by atoms with Crippen LogP contribution in [0.5, 0.6) is 0 Å². The van der Waals surface area contributed by atoms with Gasteiger partial charge in [0.2, 0.25) is 0 Å². The van der Waals surface area contributed by atoms with Crippen LogP contribution in [0.15, 0.2) is 77.0 Å². The van der Waals surface area contributed by atoms with E-state index in [1.54, 1.807) is 36.4 Å². The van der Waals surface area contributed by atoms with E-state index in [4.69, 9.17) is 4.74 Å². The maximum absolute atomic E-state index is 14.5. The highest BCUT2D eigenvalue weighted by atomic mass is 19.1. The quantitative estimate of drug-likeness (QED) is 0.141. The summed E-state index contributed by atoms with van der Waals surface area (Å²) in [5.74, 6) is 5.09. The number of halogens is 1. The molecule has 0 bridgehead atoms. The van der Waals surface area contributed by atoms with Gasteiger partial charge in [-0.25, -0.2) is 9.18 Å². The number of hydrogen-bond donors (Lipinski definition) is 0. The Morgan fingerprint density at radius 1 is 0.886 bits per heavy atom. The average molecular weight is 472 g/mol. The lowest BCUT2D eigenvalue weighted by Gasteiger charge is -2.11. The Hall–Kier alpha value is -3.98. The summed E-state index contributed by atoms with van der Waals surface area (Å²) in [6, 6.07) is 19.0. The topological polar surface area (TPSA) is 54.3 Å². The summed E-state index contributed by atoms with van der Waals surface area (Å²) >= 11 is 0. The van der Waals surface area contributed by atoms with Gasteiger partial charge in [0, 0.05) is 30.9 Å². The van der Waals surface area contributed by atoms with Gasteiger partial charge in [-0.15, -0.1) is 5.11 Å². The van der Waals surface area contributed by atoms with Crippen molar-refractivity contribution in [3.05, 3.63) is 89.2 Å². The van der Waals surface area contributed by atoms with Crippen LogP contribution in [0.2, 0.25) is 0 Å². The Labute approximate surface area is 206 Å². The van der Waals surface area contributed by atoms with Gasteiger partial charge in [-0.1, -0.05) is 38.0 Å². The number of ether oxygens (including phenoxy) is 1. The molecule has 0 fully saturated rings. The van der Waals surface area contributed by atoms with Crippen molar-refractivity contribution in [3.63, 3.8) is 0 Å². The maximum Gasteiger partial charge on any atom is 0.338 e. The Morgan fingerprint density at radius 3 is 2.23 bits per heavy atom. The van der Waals surface area contributed by atoms with Crippen molar-refractivity contribution in [2.24, 2.45) is 10.2 Å². The fourth-order valence-electron chi connectivity index (χ4n) is 3.21. The third-order valence-electron chi connectivity index (χ3n) is 5.29. The number of carbonyl (C=O) groups excluding carboxylic acids is 1. The molecule has 35 heavy (non-hydrogen) atoms. The first-order valence-electron chi connectivity index (χ1n) is 11.7. The molecule has 5 nitrogen and oxygen atoms in total. The molecule has 3 aromatic carbocycles. The molecule has 0 aliphatic heterocycles. The number of esters is 1. The monoisotopic (exact) mass is 471 g/mol. The van der Waals surface area contributed by atoms with Crippen molar-refractivity contribution in [2.75, 3.05) is 25.6 Å². The fourth-order valence-corrected chi connectivity index (χ4v) is 3.21. The molecule has 0 saturated heterocycles. The molecule has 0 N–H and O–H groups in total. The van der Waals surface area contributed by atoms with E-state index in [-0.39, 0.29) is 11.7 Å². The number of hydrogen-bond acceptors (Lipinski definition) is 5. The molecule has 0 radical (unpaired) electrons. The van der Waals surface area contributed by atoms with Crippen LogP contribution in [0.3, 0.4) is 0 Å². The predicted octanol–water partition coefficient (Wildman–Crippen LogP) is 7.44. The second-order valence-electron chi connectivity index (χ2n) is 8.30. The lowest BCUT2D eigenvalue weighted by Crippen LogP contribution is -2.07. The molecule has 0 heterocycles. The molecule has 0 aromatic heterocycles. The van der Waals surface area contributed by atoms with Gasteiger partial charge < -0.3 is 9.64 Å². The van der Waals surface area contributed by atoms with Gasteiger partial charge in [0.05, 0.1) is 17.9 Å². The summed E-state index contributed by atoms with van der Waals surface area (Å²) in [5.41, 5.74) is 3.56. The van der Waals surface area contributed by atoms with E-state index in [0.29, 0.717) is 23.4 Å². The lowest BCUT2D eigenvalue weighted by atomic mass is 10.1. The standard InChI is InChI=1S/C29H30FN3O2/c1-4-5-6-7-20-35-29(34)24-13-10-22(11-14-24)8-9-23-12-19-28(27(30)21-23)32-31-25-15-17-26(18-16-25)33(2)3/h10-19,21H,4-7,20H2,1-3H3/b32-31+. The number of unbranched alkanes of at least 4 members (excludes halogenated alkanes) is 3. The van der Waals surface area contributed by atoms with Crippen LogP contribution in [-0.2, 0) is 4.74 Å². The van der Waals surface area contributed by atoms with Gasteiger partial charge in [-0.2, -0.15) is 5.11 Å². The Kier molecular flexibility index (Phi) is 9.56. The zero-order chi connectivity index (χ0) is 25.0. The number of anilines is 1. The summed E-state index contributed by atoms with van der Waals surface area (Å²) in [5, 5.41) is 8.12. The number of azo groups is 1. The predicted molar refractivity (Wildman–Crippen MR) is 138 cm³/mol. The van der Waals surface area contributed by atoms with Gasteiger partial charge in [-0.3, -0.25) is 0 Å². The molecule has 0 aliphatic carbocycles. The van der Waals surface area contributed by atoms with Crippen LogP contribution < -0.4 is 4.90 Å². The second-order valence-corrected chi connectivity index (χ2v) is 8.30. The summed E-state index contributed by atoms with van der Waals surface area (Å²) in [4.78, 5) is 14.1. The van der Waals surface area contributed by atoms with E-state index in [9.17, 15) is 9.18 Å². The van der Waals surface area contributed by atoms with Crippen molar-refractivity contribution >= 4 is 23.0 Å². The number of rotatable bonds is 9. The van der Waals surface area contributed by atoms with E-state index in [2.05, 4.69) is 29.0 Å². The normalized spacial score (nSPS) is 10.6. The van der Waals surface area contributed by atoms with Crippen molar-refractivity contribution in [1.29, 1.82) is 0 Å². The van der Waals surface area contributed by atoms with Crippen LogP contribution in [0.4, 0.5) is 21.5 Å². The third kappa shape index (κ3) is 8.08.